The van der Waals surface area contributed by atoms with Crippen molar-refractivity contribution in [3.8, 4) is 17.6 Å². The Morgan fingerprint density at radius 1 is 1.53 bits per heavy atom. The van der Waals surface area contributed by atoms with Crippen LogP contribution in [0.1, 0.15) is 24.5 Å². The summed E-state index contributed by atoms with van der Waals surface area (Å²) in [7, 11) is 0. The lowest BCUT2D eigenvalue weighted by atomic mass is 10.1. The van der Waals surface area contributed by atoms with Gasteiger partial charge in [0.2, 0.25) is 0 Å². The summed E-state index contributed by atoms with van der Waals surface area (Å²) >= 11 is 7.10. The molecule has 0 saturated carbocycles. The van der Waals surface area contributed by atoms with Crippen molar-refractivity contribution in [2.75, 3.05) is 5.75 Å². The van der Waals surface area contributed by atoms with Gasteiger partial charge in [0.1, 0.15) is 5.75 Å². The normalized spacial score (nSPS) is 9.59. The van der Waals surface area contributed by atoms with Gasteiger partial charge in [-0.1, -0.05) is 35.2 Å². The summed E-state index contributed by atoms with van der Waals surface area (Å²) in [6.45, 7) is 3.32. The number of rotatable bonds is 2. The van der Waals surface area contributed by atoms with E-state index in [2.05, 4.69) is 11.8 Å². The van der Waals surface area contributed by atoms with Crippen molar-refractivity contribution in [3.63, 3.8) is 0 Å². The van der Waals surface area contributed by atoms with Crippen LogP contribution in [0.3, 0.4) is 0 Å². The van der Waals surface area contributed by atoms with Gasteiger partial charge in [0.05, 0.1) is 5.02 Å². The van der Waals surface area contributed by atoms with Crippen LogP contribution in [0.25, 0.3) is 0 Å². The van der Waals surface area contributed by atoms with E-state index in [1.165, 1.54) is 11.8 Å². The fraction of sp³-hybridized carbons (Fsp3) is 0.308. The highest BCUT2D eigenvalue weighted by molar-refractivity contribution is 8.13. The standard InChI is InChI=1S/C13H13ClO2S/c1-9-7-11(8-12(14)13(9)16)5-3-4-6-17-10(2)15/h7-8,16H,4,6H2,1-2H3. The number of hydrogen-bond acceptors (Lipinski definition) is 3. The molecule has 1 N–H and O–H groups in total. The van der Waals surface area contributed by atoms with Gasteiger partial charge in [-0.3, -0.25) is 4.79 Å². The van der Waals surface area contributed by atoms with Crippen molar-refractivity contribution in [1.29, 1.82) is 0 Å². The number of phenolic OH excluding ortho intramolecular Hbond substituents is 1. The Balaban J connectivity index is 2.63. The van der Waals surface area contributed by atoms with Crippen LogP contribution in [-0.2, 0) is 4.79 Å². The maximum Gasteiger partial charge on any atom is 0.185 e. The monoisotopic (exact) mass is 268 g/mol. The van der Waals surface area contributed by atoms with Gasteiger partial charge in [-0.05, 0) is 24.6 Å². The Bertz CT molecular complexity index is 463. The van der Waals surface area contributed by atoms with Gasteiger partial charge in [0.15, 0.2) is 5.12 Å². The number of hydrogen-bond donors (Lipinski definition) is 1. The summed E-state index contributed by atoms with van der Waals surface area (Å²) in [5.74, 6) is 6.73. The first kappa shape index (κ1) is 14.0. The van der Waals surface area contributed by atoms with Gasteiger partial charge in [-0.2, -0.15) is 0 Å². The second kappa shape index (κ2) is 6.58. The lowest BCUT2D eigenvalue weighted by Crippen LogP contribution is -1.84. The Kier molecular flexibility index (Phi) is 5.40. The highest BCUT2D eigenvalue weighted by Gasteiger charge is 2.02. The molecule has 90 valence electrons. The Labute approximate surface area is 110 Å². The molecular formula is C13H13ClO2S. The average molecular weight is 269 g/mol. The summed E-state index contributed by atoms with van der Waals surface area (Å²) in [6, 6.07) is 3.42. The molecule has 1 rings (SSSR count). The van der Waals surface area contributed by atoms with Crippen LogP contribution in [-0.4, -0.2) is 16.0 Å². The minimum absolute atomic E-state index is 0.101. The van der Waals surface area contributed by atoms with E-state index < -0.39 is 0 Å². The van der Waals surface area contributed by atoms with Crippen LogP contribution in [0.15, 0.2) is 12.1 Å². The third-order valence-electron chi connectivity index (χ3n) is 2.02. The van der Waals surface area contributed by atoms with Crippen LogP contribution in [0, 0.1) is 18.8 Å². The van der Waals surface area contributed by atoms with Gasteiger partial charge >= 0.3 is 0 Å². The minimum Gasteiger partial charge on any atom is -0.506 e. The number of benzene rings is 1. The maximum absolute atomic E-state index is 10.7. The van der Waals surface area contributed by atoms with E-state index in [0.717, 1.165) is 5.56 Å². The smallest absolute Gasteiger partial charge is 0.185 e. The summed E-state index contributed by atoms with van der Waals surface area (Å²) in [5, 5.41) is 9.90. The van der Waals surface area contributed by atoms with Crippen molar-refractivity contribution >= 4 is 28.5 Å². The molecule has 0 spiro atoms. The molecule has 0 amide bonds. The maximum atomic E-state index is 10.7. The van der Waals surface area contributed by atoms with Crippen LogP contribution >= 0.6 is 23.4 Å². The quantitative estimate of drug-likeness (QED) is 0.660. The molecule has 1 aromatic carbocycles. The summed E-state index contributed by atoms with van der Waals surface area (Å²) in [6.07, 6.45) is 0.655. The number of thioether (sulfide) groups is 1. The molecule has 0 aliphatic heterocycles. The van der Waals surface area contributed by atoms with Gasteiger partial charge in [-0.15, -0.1) is 0 Å². The van der Waals surface area contributed by atoms with Crippen LogP contribution in [0.5, 0.6) is 5.75 Å². The Hall–Kier alpha value is -1.11. The summed E-state index contributed by atoms with van der Waals surface area (Å²) < 4.78 is 0. The van der Waals surface area contributed by atoms with E-state index >= 15 is 0 Å². The first-order chi connectivity index (χ1) is 8.00. The predicted molar refractivity (Wildman–Crippen MR) is 72.5 cm³/mol. The first-order valence-electron chi connectivity index (χ1n) is 5.12. The third kappa shape index (κ3) is 4.72. The molecular weight excluding hydrogens is 256 g/mol. The number of phenols is 1. The van der Waals surface area contributed by atoms with Crippen molar-refractivity contribution in [2.24, 2.45) is 0 Å². The number of carbonyl (C=O) groups is 1. The van der Waals surface area contributed by atoms with E-state index in [0.29, 0.717) is 22.8 Å². The van der Waals surface area contributed by atoms with Gasteiger partial charge in [0.25, 0.3) is 0 Å². The molecule has 0 unspecified atom stereocenters. The van der Waals surface area contributed by atoms with E-state index in [1.807, 2.05) is 0 Å². The molecule has 0 saturated heterocycles. The van der Waals surface area contributed by atoms with Gasteiger partial charge in [-0.25, -0.2) is 0 Å². The predicted octanol–water partition coefficient (Wildman–Crippen LogP) is 3.38. The van der Waals surface area contributed by atoms with Gasteiger partial charge < -0.3 is 5.11 Å². The molecule has 0 atom stereocenters. The SMILES string of the molecule is CC(=O)SCCC#Cc1cc(C)c(O)c(Cl)c1. The molecule has 0 aliphatic carbocycles. The van der Waals surface area contributed by atoms with E-state index in [9.17, 15) is 9.90 Å². The number of aryl methyl sites for hydroxylation is 1. The van der Waals surface area contributed by atoms with Crippen LogP contribution in [0.2, 0.25) is 5.02 Å². The zero-order valence-electron chi connectivity index (χ0n) is 9.71. The molecule has 17 heavy (non-hydrogen) atoms. The number of carbonyl (C=O) groups excluding carboxylic acids is 1. The fourth-order valence-corrected chi connectivity index (χ4v) is 1.98. The Morgan fingerprint density at radius 2 is 2.24 bits per heavy atom. The molecule has 2 nitrogen and oxygen atoms in total. The number of aromatic hydroxyl groups is 1. The second-order valence-electron chi connectivity index (χ2n) is 3.52. The molecule has 0 aromatic heterocycles. The largest absolute Gasteiger partial charge is 0.506 e. The first-order valence-corrected chi connectivity index (χ1v) is 6.48. The molecule has 0 fully saturated rings. The third-order valence-corrected chi connectivity index (χ3v) is 3.12. The molecule has 0 radical (unpaired) electrons. The fourth-order valence-electron chi connectivity index (χ4n) is 1.22. The molecule has 1 aromatic rings. The highest BCUT2D eigenvalue weighted by atomic mass is 35.5. The van der Waals surface area contributed by atoms with Crippen molar-refractivity contribution in [2.45, 2.75) is 20.3 Å². The molecule has 4 heteroatoms. The zero-order valence-corrected chi connectivity index (χ0v) is 11.3. The lowest BCUT2D eigenvalue weighted by molar-refractivity contribution is -0.109. The summed E-state index contributed by atoms with van der Waals surface area (Å²) in [4.78, 5) is 10.7. The topological polar surface area (TPSA) is 37.3 Å². The number of halogens is 1. The minimum atomic E-state index is 0.101. The summed E-state index contributed by atoms with van der Waals surface area (Å²) in [5.41, 5.74) is 1.48. The van der Waals surface area contributed by atoms with E-state index in [4.69, 9.17) is 11.6 Å². The zero-order chi connectivity index (χ0) is 12.8. The average Bonchev–Trinajstić information content (AvgIpc) is 2.25. The van der Waals surface area contributed by atoms with Crippen LogP contribution in [0.4, 0.5) is 0 Å². The van der Waals surface area contributed by atoms with E-state index in [1.54, 1.807) is 26.0 Å². The lowest BCUT2D eigenvalue weighted by Gasteiger charge is -2.01. The Morgan fingerprint density at radius 3 is 2.82 bits per heavy atom. The molecule has 0 aliphatic rings. The van der Waals surface area contributed by atoms with Crippen molar-refractivity contribution < 1.29 is 9.90 Å². The second-order valence-corrected chi connectivity index (χ2v) is 5.19. The molecule has 0 bridgehead atoms. The van der Waals surface area contributed by atoms with Crippen molar-refractivity contribution in [1.82, 2.24) is 0 Å². The van der Waals surface area contributed by atoms with Crippen LogP contribution < -0.4 is 0 Å². The molecule has 0 heterocycles. The highest BCUT2D eigenvalue weighted by Crippen LogP contribution is 2.27. The van der Waals surface area contributed by atoms with Gasteiger partial charge in [0, 0.05) is 24.7 Å². The van der Waals surface area contributed by atoms with Crippen molar-refractivity contribution in [3.05, 3.63) is 28.3 Å². The van der Waals surface area contributed by atoms with E-state index in [-0.39, 0.29) is 10.9 Å².